The third-order valence-electron chi connectivity index (χ3n) is 3.71. The number of anilines is 1. The van der Waals surface area contributed by atoms with Crippen molar-refractivity contribution in [2.45, 2.75) is 6.54 Å². The van der Waals surface area contributed by atoms with Crippen molar-refractivity contribution in [3.05, 3.63) is 77.2 Å². The maximum Gasteiger partial charge on any atom is 0.328 e. The Balaban J connectivity index is 1.67. The van der Waals surface area contributed by atoms with Crippen molar-refractivity contribution in [3.8, 4) is 11.3 Å². The number of aliphatic carboxylic acids is 1. The summed E-state index contributed by atoms with van der Waals surface area (Å²) >= 11 is 1.62. The molecule has 25 heavy (non-hydrogen) atoms. The number of carboxylic acids is 1. The number of aromatic nitrogens is 1. The number of hydrogen-bond donors (Lipinski definition) is 1. The Bertz CT molecular complexity index is 870. The molecular weight excluding hydrogens is 332 g/mol. The van der Waals surface area contributed by atoms with Gasteiger partial charge in [-0.2, -0.15) is 0 Å². The number of carboxylic acid groups (broad SMARTS) is 1. The number of carbonyl (C=O) groups is 1. The number of nitrogens with zero attached hydrogens (tertiary/aromatic N) is 2. The molecule has 5 heteroatoms. The maximum absolute atomic E-state index is 10.5. The number of hydrogen-bond acceptors (Lipinski definition) is 4. The Morgan fingerprint density at radius 3 is 2.56 bits per heavy atom. The van der Waals surface area contributed by atoms with Crippen LogP contribution in [0.25, 0.3) is 17.3 Å². The van der Waals surface area contributed by atoms with Crippen LogP contribution in [-0.2, 0) is 11.3 Å². The van der Waals surface area contributed by atoms with Gasteiger partial charge in [0, 0.05) is 30.6 Å². The molecule has 0 unspecified atom stereocenters. The standard InChI is InChI=1S/C20H18N2O2S/c1-22(13-16-9-7-15(8-10-16)11-12-19(23)24)20-21-18(14-25-20)17-5-3-2-4-6-17/h2-12,14H,13H2,1H3,(H,23,24). The van der Waals surface area contributed by atoms with Gasteiger partial charge in [-0.15, -0.1) is 11.3 Å². The number of rotatable bonds is 6. The van der Waals surface area contributed by atoms with Crippen LogP contribution in [0, 0.1) is 0 Å². The van der Waals surface area contributed by atoms with E-state index in [9.17, 15) is 4.79 Å². The molecule has 0 spiro atoms. The van der Waals surface area contributed by atoms with E-state index in [1.165, 1.54) is 0 Å². The molecule has 3 rings (SSSR count). The van der Waals surface area contributed by atoms with Gasteiger partial charge >= 0.3 is 5.97 Å². The molecule has 0 amide bonds. The topological polar surface area (TPSA) is 53.4 Å². The monoisotopic (exact) mass is 350 g/mol. The molecule has 1 aromatic heterocycles. The second-order valence-electron chi connectivity index (χ2n) is 5.65. The molecule has 0 fully saturated rings. The highest BCUT2D eigenvalue weighted by atomic mass is 32.1. The van der Waals surface area contributed by atoms with E-state index in [0.717, 1.165) is 40.1 Å². The highest BCUT2D eigenvalue weighted by Crippen LogP contribution is 2.27. The summed E-state index contributed by atoms with van der Waals surface area (Å²) in [6.07, 6.45) is 2.73. The van der Waals surface area contributed by atoms with Gasteiger partial charge in [0.2, 0.25) is 0 Å². The van der Waals surface area contributed by atoms with Crippen molar-refractivity contribution >= 4 is 28.5 Å². The third-order valence-corrected chi connectivity index (χ3v) is 4.66. The van der Waals surface area contributed by atoms with Gasteiger partial charge in [-0.05, 0) is 17.2 Å². The number of benzene rings is 2. The molecule has 1 heterocycles. The van der Waals surface area contributed by atoms with Gasteiger partial charge in [-0.1, -0.05) is 54.6 Å². The third kappa shape index (κ3) is 4.55. The lowest BCUT2D eigenvalue weighted by Gasteiger charge is -2.15. The molecule has 0 saturated carbocycles. The van der Waals surface area contributed by atoms with Crippen molar-refractivity contribution in [2.24, 2.45) is 0 Å². The first kappa shape index (κ1) is 16.9. The summed E-state index contributed by atoms with van der Waals surface area (Å²) in [6, 6.07) is 18.0. The fourth-order valence-corrected chi connectivity index (χ4v) is 3.23. The zero-order valence-electron chi connectivity index (χ0n) is 13.8. The molecule has 0 saturated heterocycles. The second-order valence-corrected chi connectivity index (χ2v) is 6.49. The largest absolute Gasteiger partial charge is 0.478 e. The van der Waals surface area contributed by atoms with Crippen LogP contribution in [0.5, 0.6) is 0 Å². The Morgan fingerprint density at radius 1 is 1.16 bits per heavy atom. The molecule has 0 radical (unpaired) electrons. The summed E-state index contributed by atoms with van der Waals surface area (Å²) in [6.45, 7) is 0.741. The fourth-order valence-electron chi connectivity index (χ4n) is 2.42. The van der Waals surface area contributed by atoms with E-state index in [0.29, 0.717) is 0 Å². The highest BCUT2D eigenvalue weighted by Gasteiger charge is 2.09. The van der Waals surface area contributed by atoms with Crippen molar-refractivity contribution in [3.63, 3.8) is 0 Å². The zero-order valence-corrected chi connectivity index (χ0v) is 14.6. The van der Waals surface area contributed by atoms with E-state index in [1.54, 1.807) is 17.4 Å². The van der Waals surface area contributed by atoms with Crippen molar-refractivity contribution in [1.82, 2.24) is 4.98 Å². The van der Waals surface area contributed by atoms with Crippen LogP contribution >= 0.6 is 11.3 Å². The molecule has 4 nitrogen and oxygen atoms in total. The Hall–Kier alpha value is -2.92. The normalized spacial score (nSPS) is 10.9. The molecule has 2 aromatic carbocycles. The van der Waals surface area contributed by atoms with E-state index in [4.69, 9.17) is 10.1 Å². The van der Waals surface area contributed by atoms with Gasteiger partial charge in [0.25, 0.3) is 0 Å². The predicted molar refractivity (Wildman–Crippen MR) is 103 cm³/mol. The van der Waals surface area contributed by atoms with Gasteiger partial charge in [0.15, 0.2) is 5.13 Å². The second kappa shape index (κ2) is 7.77. The van der Waals surface area contributed by atoms with E-state index < -0.39 is 5.97 Å². The highest BCUT2D eigenvalue weighted by molar-refractivity contribution is 7.14. The van der Waals surface area contributed by atoms with Crippen molar-refractivity contribution in [1.29, 1.82) is 0 Å². The van der Waals surface area contributed by atoms with E-state index in [1.807, 2.05) is 49.5 Å². The Kier molecular flexibility index (Phi) is 5.26. The summed E-state index contributed by atoms with van der Waals surface area (Å²) in [4.78, 5) is 17.4. The van der Waals surface area contributed by atoms with Crippen LogP contribution in [0.15, 0.2) is 66.1 Å². The molecule has 3 aromatic rings. The molecule has 0 atom stereocenters. The van der Waals surface area contributed by atoms with E-state index in [2.05, 4.69) is 22.4 Å². The summed E-state index contributed by atoms with van der Waals surface area (Å²) < 4.78 is 0. The molecule has 1 N–H and O–H groups in total. The number of thiazole rings is 1. The lowest BCUT2D eigenvalue weighted by Crippen LogP contribution is -2.15. The zero-order chi connectivity index (χ0) is 17.6. The van der Waals surface area contributed by atoms with Crippen LogP contribution in [-0.4, -0.2) is 23.1 Å². The minimum absolute atomic E-state index is 0.741. The summed E-state index contributed by atoms with van der Waals surface area (Å²) in [7, 11) is 2.02. The smallest absolute Gasteiger partial charge is 0.328 e. The lowest BCUT2D eigenvalue weighted by atomic mass is 10.1. The minimum Gasteiger partial charge on any atom is -0.478 e. The molecular formula is C20H18N2O2S. The average Bonchev–Trinajstić information content (AvgIpc) is 3.12. The molecule has 0 aliphatic rings. The summed E-state index contributed by atoms with van der Waals surface area (Å²) in [5.74, 6) is -0.943. The minimum atomic E-state index is -0.943. The average molecular weight is 350 g/mol. The van der Waals surface area contributed by atoms with Crippen LogP contribution < -0.4 is 4.90 Å². The molecule has 0 aliphatic heterocycles. The SMILES string of the molecule is CN(Cc1ccc(C=CC(=O)O)cc1)c1nc(-c2ccccc2)cs1. The van der Waals surface area contributed by atoms with Crippen molar-refractivity contribution in [2.75, 3.05) is 11.9 Å². The quantitative estimate of drug-likeness (QED) is 0.663. The first-order valence-corrected chi connectivity index (χ1v) is 8.72. The van der Waals surface area contributed by atoms with Crippen LogP contribution in [0.1, 0.15) is 11.1 Å². The van der Waals surface area contributed by atoms with Gasteiger partial charge in [-0.3, -0.25) is 0 Å². The van der Waals surface area contributed by atoms with Crippen LogP contribution in [0.4, 0.5) is 5.13 Å². The Labute approximate surface area is 150 Å². The van der Waals surface area contributed by atoms with Gasteiger partial charge in [0.05, 0.1) is 5.69 Å². The van der Waals surface area contributed by atoms with Gasteiger partial charge in [-0.25, -0.2) is 9.78 Å². The lowest BCUT2D eigenvalue weighted by molar-refractivity contribution is -0.131. The molecule has 0 aliphatic carbocycles. The maximum atomic E-state index is 10.5. The van der Waals surface area contributed by atoms with Crippen LogP contribution in [0.2, 0.25) is 0 Å². The molecule has 126 valence electrons. The van der Waals surface area contributed by atoms with Gasteiger partial charge < -0.3 is 10.0 Å². The van der Waals surface area contributed by atoms with E-state index in [-0.39, 0.29) is 0 Å². The first-order chi connectivity index (χ1) is 12.1. The van der Waals surface area contributed by atoms with Gasteiger partial charge in [0.1, 0.15) is 0 Å². The predicted octanol–water partition coefficient (Wildman–Crippen LogP) is 4.54. The van der Waals surface area contributed by atoms with Crippen LogP contribution in [0.3, 0.4) is 0 Å². The van der Waals surface area contributed by atoms with Crippen molar-refractivity contribution < 1.29 is 9.90 Å². The summed E-state index contributed by atoms with van der Waals surface area (Å²) in [5.41, 5.74) is 4.12. The van der Waals surface area contributed by atoms with E-state index >= 15 is 0 Å². The fraction of sp³-hybridized carbons (Fsp3) is 0.100. The first-order valence-electron chi connectivity index (χ1n) is 7.84. The summed E-state index contributed by atoms with van der Waals surface area (Å²) in [5, 5.41) is 11.7. The Morgan fingerprint density at radius 2 is 1.88 bits per heavy atom. The molecule has 0 bridgehead atoms.